The van der Waals surface area contributed by atoms with Crippen molar-refractivity contribution in [3.05, 3.63) is 48.1 Å². The predicted octanol–water partition coefficient (Wildman–Crippen LogP) is 3.06. The van der Waals surface area contributed by atoms with Crippen LogP contribution in [0.15, 0.2) is 36.8 Å². The molecule has 2 aromatic heterocycles. The largest absolute Gasteiger partial charge is 0.433 e. The standard InChI is InChI=1S/C25H30F2N8O3/c1-4-9-34-10-5-6-16(13-34)35-23-20(22(28)29-14-30-23)21(32-35)24(37)31-17-8-7-15(12-19(36)33(2)3)11-18(17)38-25(26)27/h4,7-9,11,14,16,25H,5-6,10,12-13H2,1-3H3,(H,31,37)(H2,28,29,30)/t16-/m1/s1. The lowest BCUT2D eigenvalue weighted by Crippen LogP contribution is -2.33. The van der Waals surface area contributed by atoms with Crippen molar-refractivity contribution in [2.45, 2.75) is 38.8 Å². The highest BCUT2D eigenvalue weighted by molar-refractivity contribution is 6.13. The molecule has 0 radical (unpaired) electrons. The molecule has 1 saturated heterocycles. The van der Waals surface area contributed by atoms with E-state index in [2.05, 4.69) is 30.0 Å². The van der Waals surface area contributed by atoms with Gasteiger partial charge in [-0.05, 0) is 43.7 Å². The lowest BCUT2D eigenvalue weighted by Gasteiger charge is -2.32. The summed E-state index contributed by atoms with van der Waals surface area (Å²) in [6.45, 7) is 0.391. The van der Waals surface area contributed by atoms with E-state index >= 15 is 0 Å². The second-order valence-electron chi connectivity index (χ2n) is 9.15. The number of likely N-dealkylation sites (N-methyl/N-ethyl adjacent to an activating group) is 1. The van der Waals surface area contributed by atoms with Gasteiger partial charge in [0.15, 0.2) is 11.3 Å². The van der Waals surface area contributed by atoms with Crippen molar-refractivity contribution in [1.82, 2.24) is 29.5 Å². The van der Waals surface area contributed by atoms with Crippen molar-refractivity contribution < 1.29 is 23.1 Å². The highest BCUT2D eigenvalue weighted by Gasteiger charge is 2.28. The Kier molecular flexibility index (Phi) is 8.03. The summed E-state index contributed by atoms with van der Waals surface area (Å²) < 4.78 is 32.7. The molecular weight excluding hydrogens is 498 g/mol. The van der Waals surface area contributed by atoms with Crippen LogP contribution in [0.1, 0.15) is 41.9 Å². The number of allylic oxidation sites excluding steroid dienone is 1. The molecule has 3 N–H and O–H groups in total. The number of carbonyl (C=O) groups is 2. The maximum atomic E-state index is 13.4. The number of benzene rings is 1. The minimum Gasteiger partial charge on any atom is -0.433 e. The molecule has 0 spiro atoms. The first-order valence-electron chi connectivity index (χ1n) is 12.1. The normalized spacial score (nSPS) is 15.8. The quantitative estimate of drug-likeness (QED) is 0.456. The van der Waals surface area contributed by atoms with Crippen LogP contribution < -0.4 is 15.8 Å². The molecule has 2 amide bonds. The summed E-state index contributed by atoms with van der Waals surface area (Å²) in [6.07, 6.45) is 7.02. The van der Waals surface area contributed by atoms with Crippen LogP contribution in [0.25, 0.3) is 11.0 Å². The number of alkyl halides is 2. The Morgan fingerprint density at radius 1 is 1.32 bits per heavy atom. The number of fused-ring (bicyclic) bond motifs is 1. The van der Waals surface area contributed by atoms with E-state index in [1.54, 1.807) is 24.8 Å². The van der Waals surface area contributed by atoms with Crippen molar-refractivity contribution in [2.75, 3.05) is 38.2 Å². The number of anilines is 2. The average Bonchev–Trinajstić information content (AvgIpc) is 3.27. The van der Waals surface area contributed by atoms with Gasteiger partial charge in [-0.15, -0.1) is 0 Å². The average molecular weight is 529 g/mol. The third-order valence-corrected chi connectivity index (χ3v) is 6.23. The maximum Gasteiger partial charge on any atom is 0.387 e. The molecule has 38 heavy (non-hydrogen) atoms. The van der Waals surface area contributed by atoms with Gasteiger partial charge in [0, 0.05) is 27.2 Å². The SMILES string of the molecule is CC=CN1CCC[C@@H](n2nc(C(=O)Nc3ccc(CC(=O)N(C)C)cc3OC(F)F)c3c(N)ncnc32)C1. The Balaban J connectivity index is 1.67. The second kappa shape index (κ2) is 11.4. The summed E-state index contributed by atoms with van der Waals surface area (Å²) in [5.74, 6) is -1.10. The first kappa shape index (κ1) is 26.8. The summed E-state index contributed by atoms with van der Waals surface area (Å²) in [7, 11) is 3.19. The molecule has 1 aromatic carbocycles. The number of hydrogen-bond donors (Lipinski definition) is 2. The van der Waals surface area contributed by atoms with Crippen LogP contribution in [0, 0.1) is 0 Å². The van der Waals surface area contributed by atoms with E-state index < -0.39 is 12.5 Å². The highest BCUT2D eigenvalue weighted by Crippen LogP contribution is 2.31. The van der Waals surface area contributed by atoms with Gasteiger partial charge in [-0.3, -0.25) is 9.59 Å². The van der Waals surface area contributed by atoms with Crippen molar-refractivity contribution in [3.8, 4) is 5.75 Å². The van der Waals surface area contributed by atoms with Crippen LogP contribution in [-0.2, 0) is 11.2 Å². The van der Waals surface area contributed by atoms with Gasteiger partial charge in [-0.2, -0.15) is 13.9 Å². The van der Waals surface area contributed by atoms with Crippen molar-refractivity contribution in [3.63, 3.8) is 0 Å². The van der Waals surface area contributed by atoms with Gasteiger partial charge in [0.25, 0.3) is 5.91 Å². The van der Waals surface area contributed by atoms with Crippen LogP contribution >= 0.6 is 0 Å². The fourth-order valence-electron chi connectivity index (χ4n) is 4.43. The predicted molar refractivity (Wildman–Crippen MR) is 138 cm³/mol. The smallest absolute Gasteiger partial charge is 0.387 e. The number of carbonyl (C=O) groups excluding carboxylic acids is 2. The zero-order valence-electron chi connectivity index (χ0n) is 21.4. The second-order valence-corrected chi connectivity index (χ2v) is 9.15. The number of piperidine rings is 1. The van der Waals surface area contributed by atoms with E-state index in [-0.39, 0.29) is 46.7 Å². The maximum absolute atomic E-state index is 13.4. The number of halogens is 2. The number of ether oxygens (including phenoxy) is 1. The Morgan fingerprint density at radius 2 is 2.11 bits per heavy atom. The molecule has 11 nitrogen and oxygen atoms in total. The molecule has 1 aliphatic rings. The highest BCUT2D eigenvalue weighted by atomic mass is 19.3. The van der Waals surface area contributed by atoms with Crippen molar-refractivity contribution >= 4 is 34.4 Å². The van der Waals surface area contributed by atoms with Crippen molar-refractivity contribution in [1.29, 1.82) is 0 Å². The van der Waals surface area contributed by atoms with Gasteiger partial charge in [-0.25, -0.2) is 14.6 Å². The monoisotopic (exact) mass is 528 g/mol. The Labute approximate surface area is 218 Å². The van der Waals surface area contributed by atoms with E-state index in [0.29, 0.717) is 17.8 Å². The number of nitrogen functional groups attached to an aromatic ring is 1. The minimum absolute atomic E-state index is 0.00797. The molecule has 3 heterocycles. The first-order valence-corrected chi connectivity index (χ1v) is 12.1. The van der Waals surface area contributed by atoms with Gasteiger partial charge in [0.1, 0.15) is 17.9 Å². The van der Waals surface area contributed by atoms with E-state index in [4.69, 9.17) is 5.73 Å². The zero-order chi connectivity index (χ0) is 27.4. The molecular formula is C25H30F2N8O3. The molecule has 0 aliphatic carbocycles. The molecule has 3 aromatic rings. The number of rotatable bonds is 8. The minimum atomic E-state index is -3.14. The summed E-state index contributed by atoms with van der Waals surface area (Å²) in [5, 5.41) is 7.44. The molecule has 0 saturated carbocycles. The van der Waals surface area contributed by atoms with Gasteiger partial charge >= 0.3 is 6.61 Å². The van der Waals surface area contributed by atoms with Crippen LogP contribution in [0.4, 0.5) is 20.3 Å². The third kappa shape index (κ3) is 5.82. The summed E-state index contributed by atoms with van der Waals surface area (Å²) >= 11 is 0. The Morgan fingerprint density at radius 3 is 2.82 bits per heavy atom. The zero-order valence-corrected chi connectivity index (χ0v) is 21.4. The number of nitrogens with zero attached hydrogens (tertiary/aromatic N) is 6. The summed E-state index contributed by atoms with van der Waals surface area (Å²) in [4.78, 5) is 37.4. The molecule has 4 rings (SSSR count). The van der Waals surface area contributed by atoms with E-state index in [1.165, 1.54) is 23.4 Å². The Bertz CT molecular complexity index is 1360. The van der Waals surface area contributed by atoms with E-state index in [0.717, 1.165) is 19.4 Å². The van der Waals surface area contributed by atoms with E-state index in [9.17, 15) is 18.4 Å². The number of hydrogen-bond acceptors (Lipinski definition) is 8. The topological polar surface area (TPSA) is 132 Å². The molecule has 1 aliphatic heterocycles. The first-order chi connectivity index (χ1) is 18.2. The van der Waals surface area contributed by atoms with Gasteiger partial charge in [-0.1, -0.05) is 12.1 Å². The van der Waals surface area contributed by atoms with Crippen LogP contribution in [0.2, 0.25) is 0 Å². The fourth-order valence-corrected chi connectivity index (χ4v) is 4.43. The fraction of sp³-hybridized carbons (Fsp3) is 0.400. The lowest BCUT2D eigenvalue weighted by molar-refractivity contribution is -0.127. The molecule has 1 atom stereocenters. The molecule has 202 valence electrons. The molecule has 0 bridgehead atoms. The summed E-state index contributed by atoms with van der Waals surface area (Å²) in [5.41, 5.74) is 6.95. The third-order valence-electron chi connectivity index (χ3n) is 6.23. The van der Waals surface area contributed by atoms with E-state index in [1.807, 2.05) is 19.2 Å². The van der Waals surface area contributed by atoms with Crippen LogP contribution in [0.3, 0.4) is 0 Å². The Hall–Kier alpha value is -4.29. The lowest BCUT2D eigenvalue weighted by atomic mass is 10.1. The number of aromatic nitrogens is 4. The number of nitrogens with two attached hydrogens (primary N) is 1. The molecule has 0 unspecified atom stereocenters. The summed E-state index contributed by atoms with van der Waals surface area (Å²) in [6, 6.07) is 4.20. The van der Waals surface area contributed by atoms with Crippen LogP contribution in [0.5, 0.6) is 5.75 Å². The number of amides is 2. The molecule has 13 heteroatoms. The number of nitrogens with one attached hydrogen (secondary N) is 1. The van der Waals surface area contributed by atoms with Crippen LogP contribution in [-0.4, -0.2) is 75.2 Å². The number of likely N-dealkylation sites (tertiary alicyclic amines) is 1. The van der Waals surface area contributed by atoms with Gasteiger partial charge in [0.2, 0.25) is 5.91 Å². The van der Waals surface area contributed by atoms with Crippen molar-refractivity contribution in [2.24, 2.45) is 0 Å². The van der Waals surface area contributed by atoms with Gasteiger partial charge < -0.3 is 25.6 Å². The van der Waals surface area contributed by atoms with Gasteiger partial charge in [0.05, 0.1) is 23.5 Å². The molecule has 1 fully saturated rings.